The Labute approximate surface area is 127 Å². The van der Waals surface area contributed by atoms with Crippen molar-refractivity contribution in [3.8, 4) is 10.6 Å². The molecular formula is C13H11F2N5OS. The second-order valence-electron chi connectivity index (χ2n) is 4.44. The van der Waals surface area contributed by atoms with Gasteiger partial charge in [0.05, 0.1) is 22.5 Å². The van der Waals surface area contributed by atoms with Crippen molar-refractivity contribution in [2.24, 2.45) is 0 Å². The fraction of sp³-hybridized carbons (Fsp3) is 0.154. The van der Waals surface area contributed by atoms with E-state index in [1.54, 1.807) is 6.07 Å². The molecule has 0 spiro atoms. The van der Waals surface area contributed by atoms with E-state index >= 15 is 0 Å². The van der Waals surface area contributed by atoms with Crippen LogP contribution in [0.3, 0.4) is 0 Å². The summed E-state index contributed by atoms with van der Waals surface area (Å²) in [6.07, 6.45) is 0.160. The van der Waals surface area contributed by atoms with Crippen LogP contribution in [-0.2, 0) is 6.54 Å². The second-order valence-corrected chi connectivity index (χ2v) is 5.39. The number of aromatic nitrogens is 4. The smallest absolute Gasteiger partial charge is 0.276 e. The molecule has 0 unspecified atom stereocenters. The van der Waals surface area contributed by atoms with Gasteiger partial charge < -0.3 is 5.32 Å². The molecule has 1 amide bonds. The highest BCUT2D eigenvalue weighted by Gasteiger charge is 2.13. The first-order valence-corrected chi connectivity index (χ1v) is 7.21. The summed E-state index contributed by atoms with van der Waals surface area (Å²) in [4.78, 5) is 13.0. The molecule has 22 heavy (non-hydrogen) atoms. The Morgan fingerprint density at radius 1 is 1.50 bits per heavy atom. The van der Waals surface area contributed by atoms with Crippen LogP contribution in [-0.4, -0.2) is 32.3 Å². The fourth-order valence-electron chi connectivity index (χ4n) is 1.86. The number of nitrogens with one attached hydrogen (secondary N) is 2. The Bertz CT molecular complexity index is 765. The number of carbonyl (C=O) groups is 1. The van der Waals surface area contributed by atoms with Crippen LogP contribution in [0.25, 0.3) is 10.6 Å². The maximum Gasteiger partial charge on any atom is 0.276 e. The van der Waals surface area contributed by atoms with Crippen molar-refractivity contribution in [3.63, 3.8) is 0 Å². The van der Waals surface area contributed by atoms with Crippen molar-refractivity contribution >= 4 is 22.9 Å². The van der Waals surface area contributed by atoms with Crippen molar-refractivity contribution in [2.75, 3.05) is 5.32 Å². The van der Waals surface area contributed by atoms with Crippen LogP contribution >= 0.6 is 11.3 Å². The molecule has 0 saturated heterocycles. The molecule has 0 aliphatic heterocycles. The number of hydrogen-bond donors (Lipinski definition) is 2. The molecule has 0 aliphatic carbocycles. The molecule has 114 valence electrons. The van der Waals surface area contributed by atoms with Crippen molar-refractivity contribution in [2.45, 2.75) is 13.0 Å². The van der Waals surface area contributed by atoms with Gasteiger partial charge in [0.15, 0.2) is 5.69 Å². The standard InChI is InChI=1S/C13H11F2N5OS/c14-12(15)7-20-6-8(5-16-20)17-13(21)10-4-9(18-19-10)11-2-1-3-22-11/h1-6,12H,7H2,(H,17,21)(H,18,19). The molecule has 0 atom stereocenters. The van der Waals surface area contributed by atoms with Gasteiger partial charge in [-0.15, -0.1) is 11.3 Å². The molecule has 0 fully saturated rings. The van der Waals surface area contributed by atoms with Gasteiger partial charge in [-0.05, 0) is 17.5 Å². The van der Waals surface area contributed by atoms with Crippen molar-refractivity contribution in [1.82, 2.24) is 20.0 Å². The third kappa shape index (κ3) is 3.19. The molecule has 3 aromatic rings. The summed E-state index contributed by atoms with van der Waals surface area (Å²) in [6, 6.07) is 5.44. The summed E-state index contributed by atoms with van der Waals surface area (Å²) in [7, 11) is 0. The number of nitrogens with zero attached hydrogens (tertiary/aromatic N) is 3. The monoisotopic (exact) mass is 323 g/mol. The van der Waals surface area contributed by atoms with E-state index < -0.39 is 18.9 Å². The molecule has 3 aromatic heterocycles. The van der Waals surface area contributed by atoms with E-state index in [4.69, 9.17) is 0 Å². The Balaban J connectivity index is 1.68. The van der Waals surface area contributed by atoms with Crippen molar-refractivity contribution in [1.29, 1.82) is 0 Å². The maximum absolute atomic E-state index is 12.2. The minimum atomic E-state index is -2.50. The maximum atomic E-state index is 12.2. The topological polar surface area (TPSA) is 75.6 Å². The van der Waals surface area contributed by atoms with Crippen LogP contribution in [0, 0.1) is 0 Å². The first kappa shape index (κ1) is 14.4. The lowest BCUT2D eigenvalue weighted by Crippen LogP contribution is -2.12. The van der Waals surface area contributed by atoms with Crippen molar-refractivity contribution in [3.05, 3.63) is 41.7 Å². The highest BCUT2D eigenvalue weighted by molar-refractivity contribution is 7.13. The number of thiophene rings is 1. The van der Waals surface area contributed by atoms with E-state index in [-0.39, 0.29) is 5.69 Å². The number of hydrogen-bond acceptors (Lipinski definition) is 4. The Kier molecular flexibility index (Phi) is 3.96. The fourth-order valence-corrected chi connectivity index (χ4v) is 2.55. The lowest BCUT2D eigenvalue weighted by atomic mass is 10.3. The van der Waals surface area contributed by atoms with Crippen LogP contribution in [0.1, 0.15) is 10.5 Å². The van der Waals surface area contributed by atoms with E-state index in [9.17, 15) is 13.6 Å². The predicted molar refractivity (Wildman–Crippen MR) is 78.1 cm³/mol. The van der Waals surface area contributed by atoms with Gasteiger partial charge in [-0.3, -0.25) is 14.6 Å². The first-order valence-electron chi connectivity index (χ1n) is 6.33. The number of halogens is 2. The lowest BCUT2D eigenvalue weighted by Gasteiger charge is -1.99. The van der Waals surface area contributed by atoms with Gasteiger partial charge >= 0.3 is 0 Å². The minimum absolute atomic E-state index is 0.213. The van der Waals surface area contributed by atoms with Crippen LogP contribution in [0.2, 0.25) is 0 Å². The number of H-pyrrole nitrogens is 1. The number of aromatic amines is 1. The zero-order chi connectivity index (χ0) is 15.5. The van der Waals surface area contributed by atoms with Gasteiger partial charge in [-0.2, -0.15) is 10.2 Å². The van der Waals surface area contributed by atoms with E-state index in [0.29, 0.717) is 5.69 Å². The molecule has 0 radical (unpaired) electrons. The molecule has 2 N–H and O–H groups in total. The summed E-state index contributed by atoms with van der Waals surface area (Å²) < 4.78 is 25.5. The molecule has 9 heteroatoms. The molecule has 0 bridgehead atoms. The van der Waals surface area contributed by atoms with Crippen LogP contribution in [0.4, 0.5) is 14.5 Å². The van der Waals surface area contributed by atoms with E-state index in [2.05, 4.69) is 20.6 Å². The van der Waals surface area contributed by atoms with Gasteiger partial charge in [-0.25, -0.2) is 8.78 Å². The van der Waals surface area contributed by atoms with Crippen LogP contribution in [0.15, 0.2) is 36.0 Å². The van der Waals surface area contributed by atoms with Crippen LogP contribution in [0.5, 0.6) is 0 Å². The van der Waals surface area contributed by atoms with E-state index in [0.717, 1.165) is 15.3 Å². The molecule has 0 aromatic carbocycles. The van der Waals surface area contributed by atoms with E-state index in [1.165, 1.54) is 23.7 Å². The first-order chi connectivity index (χ1) is 10.6. The highest BCUT2D eigenvalue weighted by atomic mass is 32.1. The number of amides is 1. The average molecular weight is 323 g/mol. The van der Waals surface area contributed by atoms with Gasteiger partial charge in [0.25, 0.3) is 12.3 Å². The molecule has 0 aliphatic rings. The highest BCUT2D eigenvalue weighted by Crippen LogP contribution is 2.23. The van der Waals surface area contributed by atoms with Gasteiger partial charge in [-0.1, -0.05) is 6.07 Å². The van der Waals surface area contributed by atoms with Crippen LogP contribution < -0.4 is 5.32 Å². The third-order valence-corrected chi connectivity index (χ3v) is 3.72. The normalized spacial score (nSPS) is 11.0. The number of rotatable bonds is 5. The minimum Gasteiger partial charge on any atom is -0.318 e. The molecule has 6 nitrogen and oxygen atoms in total. The predicted octanol–water partition coefficient (Wildman–Crippen LogP) is 2.85. The average Bonchev–Trinajstić information content (AvgIpc) is 3.19. The van der Waals surface area contributed by atoms with Gasteiger partial charge in [0.1, 0.15) is 6.54 Å². The quantitative estimate of drug-likeness (QED) is 0.758. The van der Waals surface area contributed by atoms with Gasteiger partial charge in [0.2, 0.25) is 0 Å². The summed E-state index contributed by atoms with van der Waals surface area (Å²) >= 11 is 1.53. The number of alkyl halides is 2. The summed E-state index contributed by atoms with van der Waals surface area (Å²) in [5.41, 5.74) is 1.30. The van der Waals surface area contributed by atoms with E-state index in [1.807, 2.05) is 17.5 Å². The molecule has 0 saturated carbocycles. The number of carbonyl (C=O) groups excluding carboxylic acids is 1. The Hall–Kier alpha value is -2.55. The summed E-state index contributed by atoms with van der Waals surface area (Å²) in [6.45, 7) is -0.513. The summed E-state index contributed by atoms with van der Waals surface area (Å²) in [5, 5.41) is 15.0. The SMILES string of the molecule is O=C(Nc1cnn(CC(F)F)c1)c1cc(-c2cccs2)[nH]n1. The zero-order valence-electron chi connectivity index (χ0n) is 11.2. The largest absolute Gasteiger partial charge is 0.318 e. The molecular weight excluding hydrogens is 312 g/mol. The molecule has 3 rings (SSSR count). The Morgan fingerprint density at radius 3 is 3.09 bits per heavy atom. The number of anilines is 1. The van der Waals surface area contributed by atoms with Gasteiger partial charge in [0, 0.05) is 6.20 Å². The Morgan fingerprint density at radius 2 is 2.36 bits per heavy atom. The second kappa shape index (κ2) is 6.06. The third-order valence-electron chi connectivity index (χ3n) is 2.81. The lowest BCUT2D eigenvalue weighted by molar-refractivity contribution is 0.102. The zero-order valence-corrected chi connectivity index (χ0v) is 12.0. The summed E-state index contributed by atoms with van der Waals surface area (Å²) in [5.74, 6) is -0.435. The molecule has 3 heterocycles. The van der Waals surface area contributed by atoms with Crippen molar-refractivity contribution < 1.29 is 13.6 Å².